The van der Waals surface area contributed by atoms with Gasteiger partial charge in [0, 0.05) is 12.2 Å². The van der Waals surface area contributed by atoms with E-state index in [0.717, 1.165) is 12.8 Å². The van der Waals surface area contributed by atoms with Crippen molar-refractivity contribution < 1.29 is 5.11 Å². The molecule has 3 N–H and O–H groups in total. The van der Waals surface area contributed by atoms with Crippen LogP contribution in [0.15, 0.2) is 17.3 Å². The average Bonchev–Trinajstić information content (AvgIpc) is 3.01. The summed E-state index contributed by atoms with van der Waals surface area (Å²) in [4.78, 5) is 15.7. The molecule has 1 aromatic heterocycles. The van der Waals surface area contributed by atoms with E-state index in [9.17, 15) is 4.79 Å². The number of hydrogen-bond donors (Lipinski definition) is 2. The SMILES string of the molecule is NC(CO)c1cncn(C2CC2)c1=O. The normalized spacial score (nSPS) is 18.1. The smallest absolute Gasteiger partial charge is 0.258 e. The van der Waals surface area contributed by atoms with Crippen LogP contribution in [0.1, 0.15) is 30.5 Å². The van der Waals surface area contributed by atoms with Crippen molar-refractivity contribution >= 4 is 0 Å². The fourth-order valence-corrected chi connectivity index (χ4v) is 1.41. The fraction of sp³-hybridized carbons (Fsp3) is 0.556. The maximum Gasteiger partial charge on any atom is 0.258 e. The zero-order valence-electron chi connectivity index (χ0n) is 7.76. The molecule has 1 heterocycles. The minimum Gasteiger partial charge on any atom is -0.394 e. The predicted molar refractivity (Wildman–Crippen MR) is 50.8 cm³/mol. The Hall–Kier alpha value is -1.20. The highest BCUT2D eigenvalue weighted by atomic mass is 16.3. The van der Waals surface area contributed by atoms with Gasteiger partial charge in [0.2, 0.25) is 0 Å². The third-order valence-electron chi connectivity index (χ3n) is 2.42. The Morgan fingerprint density at radius 2 is 2.43 bits per heavy atom. The molecule has 5 nitrogen and oxygen atoms in total. The molecule has 0 saturated heterocycles. The van der Waals surface area contributed by atoms with Crippen molar-refractivity contribution in [1.29, 1.82) is 0 Å². The van der Waals surface area contributed by atoms with Crippen LogP contribution in [0.25, 0.3) is 0 Å². The van der Waals surface area contributed by atoms with Gasteiger partial charge in [0.05, 0.1) is 24.5 Å². The molecule has 14 heavy (non-hydrogen) atoms. The molecule has 0 spiro atoms. The molecular weight excluding hydrogens is 182 g/mol. The van der Waals surface area contributed by atoms with E-state index in [-0.39, 0.29) is 12.2 Å². The first-order valence-electron chi connectivity index (χ1n) is 4.66. The fourth-order valence-electron chi connectivity index (χ4n) is 1.41. The molecule has 0 radical (unpaired) electrons. The van der Waals surface area contributed by atoms with E-state index in [0.29, 0.717) is 11.6 Å². The van der Waals surface area contributed by atoms with E-state index >= 15 is 0 Å². The maximum absolute atomic E-state index is 11.8. The minimum absolute atomic E-state index is 0.121. The van der Waals surface area contributed by atoms with Gasteiger partial charge >= 0.3 is 0 Å². The minimum atomic E-state index is -0.624. The van der Waals surface area contributed by atoms with Gasteiger partial charge in [-0.1, -0.05) is 0 Å². The molecule has 1 aromatic rings. The summed E-state index contributed by atoms with van der Waals surface area (Å²) in [6, 6.07) is -0.331. The highest BCUT2D eigenvalue weighted by Gasteiger charge is 2.25. The van der Waals surface area contributed by atoms with Crippen molar-refractivity contribution in [3.8, 4) is 0 Å². The quantitative estimate of drug-likeness (QED) is 0.685. The van der Waals surface area contributed by atoms with Crippen LogP contribution in [0.4, 0.5) is 0 Å². The Labute approximate surface area is 81.2 Å². The van der Waals surface area contributed by atoms with Crippen molar-refractivity contribution in [3.05, 3.63) is 28.4 Å². The van der Waals surface area contributed by atoms with Gasteiger partial charge < -0.3 is 10.8 Å². The van der Waals surface area contributed by atoms with Crippen LogP contribution >= 0.6 is 0 Å². The van der Waals surface area contributed by atoms with Crippen LogP contribution in [0, 0.1) is 0 Å². The number of aromatic nitrogens is 2. The van der Waals surface area contributed by atoms with Crippen LogP contribution in [-0.4, -0.2) is 21.3 Å². The summed E-state index contributed by atoms with van der Waals surface area (Å²) in [7, 11) is 0. The zero-order chi connectivity index (χ0) is 10.1. The third kappa shape index (κ3) is 1.56. The Kier molecular flexibility index (Phi) is 2.35. The second-order valence-corrected chi connectivity index (χ2v) is 3.58. The van der Waals surface area contributed by atoms with Crippen molar-refractivity contribution in [2.75, 3.05) is 6.61 Å². The average molecular weight is 195 g/mol. The molecule has 1 atom stereocenters. The second-order valence-electron chi connectivity index (χ2n) is 3.58. The maximum atomic E-state index is 11.8. The molecular formula is C9H13N3O2. The Bertz CT molecular complexity index is 384. The van der Waals surface area contributed by atoms with E-state index in [2.05, 4.69) is 4.98 Å². The van der Waals surface area contributed by atoms with E-state index < -0.39 is 6.04 Å². The van der Waals surface area contributed by atoms with Gasteiger partial charge in [-0.3, -0.25) is 9.36 Å². The van der Waals surface area contributed by atoms with Gasteiger partial charge in [-0.15, -0.1) is 0 Å². The van der Waals surface area contributed by atoms with Crippen LogP contribution in [-0.2, 0) is 0 Å². The molecule has 1 unspecified atom stereocenters. The van der Waals surface area contributed by atoms with Gasteiger partial charge in [0.1, 0.15) is 0 Å². The lowest BCUT2D eigenvalue weighted by Gasteiger charge is -2.09. The number of aliphatic hydroxyl groups is 1. The van der Waals surface area contributed by atoms with Crippen molar-refractivity contribution in [3.63, 3.8) is 0 Å². The molecule has 76 valence electrons. The molecule has 5 heteroatoms. The Morgan fingerprint density at radius 3 is 3.00 bits per heavy atom. The third-order valence-corrected chi connectivity index (χ3v) is 2.42. The number of nitrogens with two attached hydrogens (primary N) is 1. The summed E-state index contributed by atoms with van der Waals surface area (Å²) >= 11 is 0. The van der Waals surface area contributed by atoms with E-state index in [1.54, 1.807) is 4.57 Å². The van der Waals surface area contributed by atoms with Gasteiger partial charge in [0.15, 0.2) is 0 Å². The summed E-state index contributed by atoms with van der Waals surface area (Å²) in [6.45, 7) is -0.231. The molecule has 2 rings (SSSR count). The number of rotatable bonds is 3. The van der Waals surface area contributed by atoms with E-state index in [4.69, 9.17) is 10.8 Å². The van der Waals surface area contributed by atoms with Crippen LogP contribution in [0.3, 0.4) is 0 Å². The Morgan fingerprint density at radius 1 is 1.71 bits per heavy atom. The lowest BCUT2D eigenvalue weighted by molar-refractivity contribution is 0.266. The van der Waals surface area contributed by atoms with Gasteiger partial charge in [0.25, 0.3) is 5.56 Å². The molecule has 1 aliphatic rings. The van der Waals surface area contributed by atoms with Crippen molar-refractivity contribution in [2.45, 2.75) is 24.9 Å². The first-order valence-corrected chi connectivity index (χ1v) is 4.66. The second kappa shape index (κ2) is 3.51. The molecule has 0 amide bonds. The number of hydrogen-bond acceptors (Lipinski definition) is 4. The first-order chi connectivity index (χ1) is 6.74. The van der Waals surface area contributed by atoms with Crippen molar-refractivity contribution in [2.24, 2.45) is 5.73 Å². The number of aliphatic hydroxyl groups excluding tert-OH is 1. The summed E-state index contributed by atoms with van der Waals surface area (Å²) in [6.07, 6.45) is 5.02. The molecule has 1 saturated carbocycles. The van der Waals surface area contributed by atoms with Crippen LogP contribution in [0.5, 0.6) is 0 Å². The molecule has 1 fully saturated rings. The standard InChI is InChI=1S/C9H13N3O2/c10-8(4-13)7-3-11-5-12(9(7)14)6-1-2-6/h3,5-6,8,13H,1-2,4,10H2. The largest absolute Gasteiger partial charge is 0.394 e. The summed E-state index contributed by atoms with van der Waals surface area (Å²) in [5.74, 6) is 0. The molecule has 0 aromatic carbocycles. The first kappa shape index (κ1) is 9.36. The van der Waals surface area contributed by atoms with Crippen molar-refractivity contribution in [1.82, 2.24) is 9.55 Å². The van der Waals surface area contributed by atoms with Crippen LogP contribution in [0.2, 0.25) is 0 Å². The molecule has 0 bridgehead atoms. The van der Waals surface area contributed by atoms with Gasteiger partial charge in [-0.25, -0.2) is 4.98 Å². The highest BCUT2D eigenvalue weighted by molar-refractivity contribution is 5.11. The van der Waals surface area contributed by atoms with Gasteiger partial charge in [-0.05, 0) is 12.8 Å². The summed E-state index contributed by atoms with van der Waals surface area (Å²) in [5, 5.41) is 8.86. The lowest BCUT2D eigenvalue weighted by Crippen LogP contribution is -2.29. The molecule has 0 aliphatic heterocycles. The Balaban J connectivity index is 2.41. The summed E-state index contributed by atoms with van der Waals surface area (Å²) in [5.41, 5.74) is 5.85. The number of nitrogens with zero attached hydrogens (tertiary/aromatic N) is 2. The van der Waals surface area contributed by atoms with E-state index in [1.807, 2.05) is 0 Å². The van der Waals surface area contributed by atoms with Gasteiger partial charge in [-0.2, -0.15) is 0 Å². The highest BCUT2D eigenvalue weighted by Crippen LogP contribution is 2.33. The van der Waals surface area contributed by atoms with E-state index in [1.165, 1.54) is 12.5 Å². The lowest BCUT2D eigenvalue weighted by atomic mass is 10.2. The topological polar surface area (TPSA) is 81.1 Å². The monoisotopic (exact) mass is 195 g/mol. The predicted octanol–water partition coefficient (Wildman–Crippen LogP) is -0.430. The summed E-state index contributed by atoms with van der Waals surface area (Å²) < 4.78 is 1.60. The van der Waals surface area contributed by atoms with Crippen LogP contribution < -0.4 is 11.3 Å². The molecule has 1 aliphatic carbocycles. The zero-order valence-corrected chi connectivity index (χ0v) is 7.76.